The number of hydrogen-bond acceptors (Lipinski definition) is 9. The standard InChI is InChI=1S/C26H28F3IN7O3/c1-15(2)36-7-5-19(6-8-36)37-14-17(12-33-37)20-9-23(40-30-38)22(10-21(20)27)32-13-18-4-3-16(11-31-18)25-34-35-26(39-25)24(28)29/h3-4,9-12,14-15,19,24,32,38H,5-8,13H2,1-2H3/q-1. The van der Waals surface area contributed by atoms with Crippen LogP contribution in [0.15, 0.2) is 47.3 Å². The summed E-state index contributed by atoms with van der Waals surface area (Å²) in [7, 11) is 0. The van der Waals surface area contributed by atoms with E-state index in [2.05, 4.69) is 44.3 Å². The molecule has 0 radical (unpaired) electrons. The van der Waals surface area contributed by atoms with Gasteiger partial charge in [0, 0.05) is 0 Å². The van der Waals surface area contributed by atoms with Crippen molar-refractivity contribution in [2.24, 2.45) is 0 Å². The number of benzene rings is 1. The van der Waals surface area contributed by atoms with Crippen LogP contribution in [-0.2, 0) is 6.54 Å². The molecule has 1 aromatic carbocycles. The monoisotopic (exact) mass is 670 g/mol. The molecule has 1 aliphatic rings. The first kappa shape index (κ1) is 28.3. The van der Waals surface area contributed by atoms with Crippen molar-refractivity contribution in [3.8, 4) is 28.3 Å². The molecule has 2 N–H and O–H groups in total. The Kier molecular flexibility index (Phi) is 8.85. The average molecular weight is 670 g/mol. The van der Waals surface area contributed by atoms with E-state index in [4.69, 9.17) is 7.48 Å². The van der Waals surface area contributed by atoms with E-state index in [-0.39, 0.29) is 18.5 Å². The van der Waals surface area contributed by atoms with E-state index in [0.29, 0.717) is 39.9 Å². The Balaban J connectivity index is 1.28. The van der Waals surface area contributed by atoms with E-state index in [0.717, 1.165) is 25.9 Å². The van der Waals surface area contributed by atoms with Crippen LogP contribution < -0.4 is 30.4 Å². The maximum atomic E-state index is 15.3. The number of nitrogens with zero attached hydrogens (tertiary/aromatic N) is 6. The molecule has 0 amide bonds. The van der Waals surface area contributed by atoms with E-state index in [1.807, 2.05) is 10.9 Å². The minimum atomic E-state index is -2.86. The van der Waals surface area contributed by atoms with Crippen LogP contribution >= 0.6 is 0 Å². The van der Waals surface area contributed by atoms with E-state index >= 15 is 4.39 Å². The van der Waals surface area contributed by atoms with Gasteiger partial charge in [0.1, 0.15) is 0 Å². The number of likely N-dealkylation sites (tertiary alicyclic amines) is 1. The molecule has 5 rings (SSSR count). The second-order valence-electron chi connectivity index (χ2n) is 9.68. The topological polar surface area (TPSA) is 114 Å². The van der Waals surface area contributed by atoms with Crippen molar-refractivity contribution < 1.29 is 46.1 Å². The van der Waals surface area contributed by atoms with Gasteiger partial charge in [0.2, 0.25) is 0 Å². The summed E-state index contributed by atoms with van der Waals surface area (Å²) in [4.78, 5) is 6.72. The fourth-order valence-electron chi connectivity index (χ4n) is 4.64. The van der Waals surface area contributed by atoms with Crippen LogP contribution in [-0.4, -0.2) is 52.4 Å². The summed E-state index contributed by atoms with van der Waals surface area (Å²) in [5.41, 5.74) is 2.28. The first-order valence-electron chi connectivity index (χ1n) is 12.7. The third-order valence-corrected chi connectivity index (χ3v) is 7.53. The van der Waals surface area contributed by atoms with Crippen molar-refractivity contribution in [2.75, 3.05) is 18.4 Å². The number of aromatic nitrogens is 5. The van der Waals surface area contributed by atoms with Crippen LogP contribution in [0.2, 0.25) is 0 Å². The zero-order valence-corrected chi connectivity index (χ0v) is 23.9. The van der Waals surface area contributed by atoms with Crippen LogP contribution in [0.25, 0.3) is 22.6 Å². The molecule has 40 heavy (non-hydrogen) atoms. The van der Waals surface area contributed by atoms with E-state index in [9.17, 15) is 12.2 Å². The predicted molar refractivity (Wildman–Crippen MR) is 135 cm³/mol. The number of piperidine rings is 1. The molecule has 1 aliphatic heterocycles. The zero-order valence-electron chi connectivity index (χ0n) is 21.8. The van der Waals surface area contributed by atoms with Crippen molar-refractivity contribution in [3.05, 3.63) is 60.3 Å². The van der Waals surface area contributed by atoms with Crippen molar-refractivity contribution in [1.82, 2.24) is 29.9 Å². The molecule has 0 aliphatic carbocycles. The zero-order chi connectivity index (χ0) is 28.2. The Morgan fingerprint density at radius 1 is 1.15 bits per heavy atom. The molecule has 0 spiro atoms. The molecule has 0 atom stereocenters. The summed E-state index contributed by atoms with van der Waals surface area (Å²) >= 11 is -1.58. The van der Waals surface area contributed by atoms with Gasteiger partial charge in [0.05, 0.1) is 0 Å². The van der Waals surface area contributed by atoms with Crippen LogP contribution in [0.1, 0.15) is 50.7 Å². The SMILES string of the molecule is CC(C)N1CCC(n2cc(-c3cc(O[I-]O)c(NCc4ccc(-c5nnc(C(F)F)o5)cn4)cc3F)cn2)CC1. The number of nitrogens with one attached hydrogen (secondary N) is 1. The molecule has 0 bridgehead atoms. The van der Waals surface area contributed by atoms with Crippen molar-refractivity contribution in [2.45, 2.75) is 51.7 Å². The van der Waals surface area contributed by atoms with Gasteiger partial charge in [-0.05, 0) is 13.8 Å². The fourth-order valence-corrected chi connectivity index (χ4v) is 5.21. The number of pyridine rings is 1. The molecule has 1 fully saturated rings. The normalized spacial score (nSPS) is 14.9. The number of rotatable bonds is 10. The average Bonchev–Trinajstić information content (AvgIpc) is 3.64. The summed E-state index contributed by atoms with van der Waals surface area (Å²) < 4.78 is 62.6. The van der Waals surface area contributed by atoms with Gasteiger partial charge < -0.3 is 0 Å². The first-order chi connectivity index (χ1) is 19.3. The van der Waals surface area contributed by atoms with Crippen molar-refractivity contribution in [3.63, 3.8) is 0 Å². The Labute approximate surface area is 239 Å². The second kappa shape index (κ2) is 12.5. The minimum absolute atomic E-state index is 0.0631. The van der Waals surface area contributed by atoms with Gasteiger partial charge in [0.15, 0.2) is 0 Å². The van der Waals surface area contributed by atoms with Gasteiger partial charge in [-0.2, -0.15) is 8.78 Å². The molecule has 3 aromatic heterocycles. The Hall–Kier alpha value is -3.24. The van der Waals surface area contributed by atoms with E-state index in [1.54, 1.807) is 24.4 Å². The number of anilines is 1. The number of alkyl halides is 2. The Bertz CT molecular complexity index is 1420. The second-order valence-corrected chi connectivity index (χ2v) is 10.5. The van der Waals surface area contributed by atoms with Gasteiger partial charge in [-0.25, -0.2) is 0 Å². The first-order valence-corrected chi connectivity index (χ1v) is 14.5. The molecule has 4 heterocycles. The van der Waals surface area contributed by atoms with Gasteiger partial charge >= 0.3 is 218 Å². The maximum absolute atomic E-state index is 15.3. The van der Waals surface area contributed by atoms with E-state index in [1.165, 1.54) is 12.3 Å². The summed E-state index contributed by atoms with van der Waals surface area (Å²) in [6.45, 7) is 6.60. The molecule has 0 saturated carbocycles. The molecule has 0 unspecified atom stereocenters. The summed E-state index contributed by atoms with van der Waals surface area (Å²) in [5.74, 6) is -0.974. The van der Waals surface area contributed by atoms with E-state index < -0.39 is 40.2 Å². The quantitative estimate of drug-likeness (QED) is 0.245. The number of halogens is 4. The Morgan fingerprint density at radius 2 is 1.95 bits per heavy atom. The van der Waals surface area contributed by atoms with Gasteiger partial charge in [-0.3, -0.25) is 0 Å². The molecule has 10 nitrogen and oxygen atoms in total. The summed E-state index contributed by atoms with van der Waals surface area (Å²) in [5, 5.41) is 14.5. The molecule has 4 aromatic rings. The van der Waals surface area contributed by atoms with Crippen LogP contribution in [0.3, 0.4) is 0 Å². The van der Waals surface area contributed by atoms with Crippen LogP contribution in [0.5, 0.6) is 5.75 Å². The molecular formula is C26H28F3IN7O3-. The predicted octanol–water partition coefficient (Wildman–Crippen LogP) is 2.02. The van der Waals surface area contributed by atoms with Crippen molar-refractivity contribution in [1.29, 1.82) is 0 Å². The van der Waals surface area contributed by atoms with Crippen LogP contribution in [0.4, 0.5) is 18.9 Å². The van der Waals surface area contributed by atoms with Crippen LogP contribution in [0, 0.1) is 5.82 Å². The Morgan fingerprint density at radius 3 is 2.60 bits per heavy atom. The van der Waals surface area contributed by atoms with Crippen molar-refractivity contribution >= 4 is 5.69 Å². The molecule has 1 saturated heterocycles. The molecular weight excluding hydrogens is 642 g/mol. The summed E-state index contributed by atoms with van der Waals surface area (Å²) in [6.07, 6.45) is 4.04. The fraction of sp³-hybridized carbons (Fsp3) is 0.385. The summed E-state index contributed by atoms with van der Waals surface area (Å²) in [6, 6.07) is 6.91. The third kappa shape index (κ3) is 6.39. The van der Waals surface area contributed by atoms with Gasteiger partial charge in [0.25, 0.3) is 0 Å². The molecule has 214 valence electrons. The van der Waals surface area contributed by atoms with Gasteiger partial charge in [-0.1, -0.05) is 0 Å². The third-order valence-electron chi connectivity index (χ3n) is 6.86. The molecule has 14 heteroatoms. The number of hydrogen-bond donors (Lipinski definition) is 2. The van der Waals surface area contributed by atoms with Gasteiger partial charge in [-0.15, -0.1) is 0 Å².